The molecule has 3 heterocycles. The van der Waals surface area contributed by atoms with E-state index in [0.717, 1.165) is 55.9 Å². The van der Waals surface area contributed by atoms with Crippen molar-refractivity contribution in [3.8, 4) is 0 Å². The summed E-state index contributed by atoms with van der Waals surface area (Å²) < 4.78 is 8.67. The molecule has 0 bridgehead atoms. The number of fused-ring (bicyclic) bond motifs is 1. The van der Waals surface area contributed by atoms with Gasteiger partial charge >= 0.3 is 0 Å². The summed E-state index contributed by atoms with van der Waals surface area (Å²) in [5, 5.41) is 6.28. The minimum absolute atomic E-state index is 0.553. The van der Waals surface area contributed by atoms with Crippen LogP contribution in [0.2, 0.25) is 0 Å². The summed E-state index contributed by atoms with van der Waals surface area (Å²) in [5.41, 5.74) is 4.60. The van der Waals surface area contributed by atoms with Gasteiger partial charge in [-0.25, -0.2) is 4.78 Å². The average molecular weight is 439 g/mol. The van der Waals surface area contributed by atoms with E-state index in [2.05, 4.69) is 22.0 Å². The fourth-order valence-corrected chi connectivity index (χ4v) is 8.26. The first kappa shape index (κ1) is 19.9. The third-order valence-corrected chi connectivity index (χ3v) is 9.71. The van der Waals surface area contributed by atoms with Gasteiger partial charge in [-0.15, -0.1) is 0 Å². The molecule has 1 atom stereocenters. The summed E-state index contributed by atoms with van der Waals surface area (Å²) in [6.45, 7) is 2.80. The Bertz CT molecular complexity index is 1000. The summed E-state index contributed by atoms with van der Waals surface area (Å²) in [4.78, 5) is 6.98. The fraction of sp³-hybridized carbons (Fsp3) is 0.391. The van der Waals surface area contributed by atoms with Crippen LogP contribution < -0.4 is 4.78 Å². The molecule has 30 heavy (non-hydrogen) atoms. The quantitative estimate of drug-likeness (QED) is 0.571. The summed E-state index contributed by atoms with van der Waals surface area (Å²) in [6, 6.07) is 16.3. The molecule has 1 aromatic heterocycles. The van der Waals surface area contributed by atoms with Crippen molar-refractivity contribution >= 4 is 29.6 Å². The number of aromatic nitrogens is 1. The van der Waals surface area contributed by atoms with E-state index in [-0.39, 0.29) is 0 Å². The van der Waals surface area contributed by atoms with Gasteiger partial charge in [0.05, 0.1) is 23.3 Å². The van der Waals surface area contributed by atoms with Crippen molar-refractivity contribution in [1.29, 1.82) is 0 Å². The Balaban J connectivity index is 1.51. The first-order valence-electron chi connectivity index (χ1n) is 10.8. The summed E-state index contributed by atoms with van der Waals surface area (Å²) in [6.07, 6.45) is 5.80. The van der Waals surface area contributed by atoms with E-state index in [9.17, 15) is 0 Å². The van der Waals surface area contributed by atoms with Crippen LogP contribution in [0, 0.1) is 0 Å². The number of allylic oxidation sites excluding steroid dienone is 2. The zero-order chi connectivity index (χ0) is 20.4. The average Bonchev–Trinajstić information content (AvgIpc) is 3.42. The Kier molecular flexibility index (Phi) is 5.72. The Morgan fingerprint density at radius 2 is 1.77 bits per heavy atom. The van der Waals surface area contributed by atoms with E-state index in [0.29, 0.717) is 6.61 Å². The maximum atomic E-state index is 6.63. The van der Waals surface area contributed by atoms with Gasteiger partial charge in [0.15, 0.2) is 0 Å². The van der Waals surface area contributed by atoms with Crippen molar-refractivity contribution in [2.45, 2.75) is 38.5 Å². The lowest BCUT2D eigenvalue weighted by Crippen LogP contribution is -2.25. The molecule has 1 saturated heterocycles. The Labute approximate surface area is 183 Å². The van der Waals surface area contributed by atoms with Crippen molar-refractivity contribution in [3.63, 3.8) is 0 Å². The second-order valence-electron chi connectivity index (χ2n) is 7.94. The third-order valence-electron chi connectivity index (χ3n) is 5.95. The van der Waals surface area contributed by atoms with Crippen LogP contribution in [-0.2, 0) is 22.8 Å². The molecule has 0 N–H and O–H groups in total. The van der Waals surface area contributed by atoms with Crippen LogP contribution in [0.15, 0.2) is 70.8 Å². The highest BCUT2D eigenvalue weighted by Crippen LogP contribution is 2.66. The van der Waals surface area contributed by atoms with E-state index < -0.39 is 6.42 Å². The molecule has 5 nitrogen and oxygen atoms in total. The minimum atomic E-state index is -2.51. The number of rotatable bonds is 6. The van der Waals surface area contributed by atoms with E-state index in [1.807, 2.05) is 47.4 Å². The van der Waals surface area contributed by atoms with Gasteiger partial charge in [0.2, 0.25) is 6.42 Å². The van der Waals surface area contributed by atoms with E-state index in [4.69, 9.17) is 21.4 Å². The minimum Gasteiger partial charge on any atom is -0.374 e. The van der Waals surface area contributed by atoms with Gasteiger partial charge in [-0.05, 0) is 68.2 Å². The SMILES string of the molecule is S=P1(OCCc2ccccn2)C2=C(N3CCCC3)CCCC2=NN1c1ccccc1. The van der Waals surface area contributed by atoms with Gasteiger partial charge in [0.1, 0.15) is 0 Å². The predicted octanol–water partition coefficient (Wildman–Crippen LogP) is 5.32. The molecule has 0 spiro atoms. The van der Waals surface area contributed by atoms with Crippen LogP contribution in [0.3, 0.4) is 0 Å². The summed E-state index contributed by atoms with van der Waals surface area (Å²) in [5.74, 6) is 0. The van der Waals surface area contributed by atoms with Crippen molar-refractivity contribution in [2.24, 2.45) is 5.10 Å². The molecular weight excluding hydrogens is 411 g/mol. The Morgan fingerprint density at radius 3 is 2.53 bits per heavy atom. The molecule has 5 rings (SSSR count). The van der Waals surface area contributed by atoms with Crippen LogP contribution in [0.25, 0.3) is 0 Å². The number of pyridine rings is 1. The molecule has 0 radical (unpaired) electrons. The number of hydrogen-bond acceptors (Lipinski definition) is 5. The van der Waals surface area contributed by atoms with Crippen molar-refractivity contribution < 1.29 is 4.52 Å². The largest absolute Gasteiger partial charge is 0.374 e. The smallest absolute Gasteiger partial charge is 0.209 e. The van der Waals surface area contributed by atoms with Crippen molar-refractivity contribution in [3.05, 3.63) is 71.4 Å². The first-order valence-corrected chi connectivity index (χ1v) is 13.5. The van der Waals surface area contributed by atoms with Crippen LogP contribution in [0.5, 0.6) is 0 Å². The molecule has 1 aromatic carbocycles. The Hall–Kier alpha value is -2.01. The molecular formula is C23H27N4OPS. The topological polar surface area (TPSA) is 41.0 Å². The molecule has 7 heteroatoms. The molecule has 1 unspecified atom stereocenters. The fourth-order valence-electron chi connectivity index (χ4n) is 4.52. The normalized spacial score (nSPS) is 23.7. The predicted molar refractivity (Wildman–Crippen MR) is 126 cm³/mol. The lowest BCUT2D eigenvalue weighted by atomic mass is 10.0. The number of nitrogens with zero attached hydrogens (tertiary/aromatic N) is 4. The molecule has 3 aliphatic rings. The van der Waals surface area contributed by atoms with E-state index in [1.54, 1.807) is 0 Å². The number of para-hydroxylation sites is 1. The maximum absolute atomic E-state index is 6.63. The van der Waals surface area contributed by atoms with E-state index in [1.165, 1.54) is 23.9 Å². The number of likely N-dealkylation sites (tertiary alicyclic amines) is 1. The molecule has 2 aliphatic heterocycles. The highest BCUT2D eigenvalue weighted by molar-refractivity contribution is 8.15. The van der Waals surface area contributed by atoms with Gasteiger partial charge in [0, 0.05) is 37.1 Å². The second-order valence-corrected chi connectivity index (χ2v) is 11.5. The van der Waals surface area contributed by atoms with Crippen LogP contribution >= 0.6 is 6.42 Å². The Morgan fingerprint density at radius 1 is 0.967 bits per heavy atom. The number of hydrogen-bond donors (Lipinski definition) is 0. The lowest BCUT2D eigenvalue weighted by Gasteiger charge is -2.33. The van der Waals surface area contributed by atoms with Crippen LogP contribution in [0.1, 0.15) is 37.8 Å². The standard InChI is InChI=1S/C23H27N4OPS/c30-29(28-18-14-19-9-4-5-15-24-19)23-21(25-27(29)20-10-2-1-3-11-20)12-8-13-22(23)26-16-6-7-17-26/h1-5,9-11,15H,6-8,12-14,16-18H2. The van der Waals surface area contributed by atoms with Gasteiger partial charge < -0.3 is 9.42 Å². The second kappa shape index (κ2) is 8.62. The highest BCUT2D eigenvalue weighted by Gasteiger charge is 2.45. The lowest BCUT2D eigenvalue weighted by molar-refractivity contribution is 0.354. The third kappa shape index (κ3) is 3.73. The molecule has 1 aliphatic carbocycles. The monoisotopic (exact) mass is 438 g/mol. The van der Waals surface area contributed by atoms with Crippen molar-refractivity contribution in [1.82, 2.24) is 9.88 Å². The van der Waals surface area contributed by atoms with E-state index >= 15 is 0 Å². The van der Waals surface area contributed by atoms with Gasteiger partial charge in [-0.2, -0.15) is 5.10 Å². The van der Waals surface area contributed by atoms with Crippen LogP contribution in [-0.4, -0.2) is 35.3 Å². The first-order chi connectivity index (χ1) is 14.8. The number of anilines is 1. The molecule has 0 amide bonds. The number of hydrazone groups is 1. The molecule has 156 valence electrons. The van der Waals surface area contributed by atoms with Gasteiger partial charge in [-0.1, -0.05) is 24.3 Å². The molecule has 1 fully saturated rings. The number of benzene rings is 1. The molecule has 2 aromatic rings. The maximum Gasteiger partial charge on any atom is 0.209 e. The van der Waals surface area contributed by atoms with Gasteiger partial charge in [0.25, 0.3) is 0 Å². The zero-order valence-corrected chi connectivity index (χ0v) is 18.8. The zero-order valence-electron chi connectivity index (χ0n) is 17.1. The highest BCUT2D eigenvalue weighted by atomic mass is 32.4. The summed E-state index contributed by atoms with van der Waals surface area (Å²) in [7, 11) is 0. The summed E-state index contributed by atoms with van der Waals surface area (Å²) >= 11 is 6.39. The van der Waals surface area contributed by atoms with Crippen molar-refractivity contribution in [2.75, 3.05) is 24.5 Å². The molecule has 0 saturated carbocycles. The van der Waals surface area contributed by atoms with Gasteiger partial charge in [-0.3, -0.25) is 4.98 Å². The van der Waals surface area contributed by atoms with Crippen LogP contribution in [0.4, 0.5) is 5.69 Å².